The van der Waals surface area contributed by atoms with Crippen molar-refractivity contribution in [1.29, 1.82) is 0 Å². The van der Waals surface area contributed by atoms with Gasteiger partial charge in [0.15, 0.2) is 0 Å². The standard InChI is InChI=1S/C17H14F3NO4S/c18-17(19,20)13-5-2-6-14(8-13)21-15(22)10-26(25)9-11-3-1-4-12(7-11)16(23)24/h1-8H,9-10H2,(H,21,22)(H,23,24). The van der Waals surface area contributed by atoms with E-state index in [1.165, 1.54) is 24.3 Å². The summed E-state index contributed by atoms with van der Waals surface area (Å²) < 4.78 is 50.0. The first kappa shape index (κ1) is 19.6. The molecule has 0 spiro atoms. The molecule has 138 valence electrons. The summed E-state index contributed by atoms with van der Waals surface area (Å²) in [6, 6.07) is 9.94. The molecule has 1 unspecified atom stereocenters. The fraction of sp³-hybridized carbons (Fsp3) is 0.176. The summed E-state index contributed by atoms with van der Waals surface area (Å²) >= 11 is 0. The van der Waals surface area contributed by atoms with Crippen molar-refractivity contribution in [3.05, 3.63) is 65.2 Å². The topological polar surface area (TPSA) is 83.5 Å². The monoisotopic (exact) mass is 385 g/mol. The van der Waals surface area contributed by atoms with E-state index in [0.717, 1.165) is 18.2 Å². The van der Waals surface area contributed by atoms with Gasteiger partial charge in [0.25, 0.3) is 0 Å². The minimum Gasteiger partial charge on any atom is -0.478 e. The van der Waals surface area contributed by atoms with Crippen LogP contribution in [0.3, 0.4) is 0 Å². The number of hydrogen-bond donors (Lipinski definition) is 2. The second-order valence-corrected chi connectivity index (χ2v) is 6.82. The van der Waals surface area contributed by atoms with Crippen LogP contribution >= 0.6 is 0 Å². The van der Waals surface area contributed by atoms with Crippen molar-refractivity contribution in [1.82, 2.24) is 0 Å². The second kappa shape index (κ2) is 8.13. The lowest BCUT2D eigenvalue weighted by Crippen LogP contribution is -2.20. The van der Waals surface area contributed by atoms with Gasteiger partial charge < -0.3 is 10.4 Å². The molecule has 0 aliphatic rings. The number of anilines is 1. The van der Waals surface area contributed by atoms with Crippen LogP contribution in [0.15, 0.2) is 48.5 Å². The highest BCUT2D eigenvalue weighted by molar-refractivity contribution is 7.84. The molecule has 0 aliphatic carbocycles. The van der Waals surface area contributed by atoms with Crippen molar-refractivity contribution >= 4 is 28.4 Å². The number of benzene rings is 2. The van der Waals surface area contributed by atoms with Crippen molar-refractivity contribution in [2.45, 2.75) is 11.9 Å². The molecule has 1 amide bonds. The van der Waals surface area contributed by atoms with Gasteiger partial charge in [0.05, 0.1) is 11.1 Å². The van der Waals surface area contributed by atoms with Crippen LogP contribution in [0.1, 0.15) is 21.5 Å². The van der Waals surface area contributed by atoms with E-state index in [-0.39, 0.29) is 17.0 Å². The fourth-order valence-corrected chi connectivity index (χ4v) is 3.17. The van der Waals surface area contributed by atoms with Gasteiger partial charge in [-0.1, -0.05) is 18.2 Å². The van der Waals surface area contributed by atoms with Gasteiger partial charge in [-0.25, -0.2) is 4.79 Å². The summed E-state index contributed by atoms with van der Waals surface area (Å²) in [7, 11) is -1.65. The number of carbonyl (C=O) groups is 2. The number of carboxylic acid groups (broad SMARTS) is 1. The van der Waals surface area contributed by atoms with Crippen LogP contribution in [0, 0.1) is 0 Å². The second-order valence-electron chi connectivity index (χ2n) is 5.36. The van der Waals surface area contributed by atoms with Gasteiger partial charge in [-0.2, -0.15) is 13.2 Å². The molecule has 0 aliphatic heterocycles. The quantitative estimate of drug-likeness (QED) is 0.799. The molecule has 0 saturated carbocycles. The van der Waals surface area contributed by atoms with Crippen LogP contribution < -0.4 is 5.32 Å². The zero-order chi connectivity index (χ0) is 19.3. The Hall–Kier alpha value is -2.68. The molecule has 2 aromatic rings. The highest BCUT2D eigenvalue weighted by Gasteiger charge is 2.30. The number of halogens is 3. The molecule has 9 heteroatoms. The van der Waals surface area contributed by atoms with E-state index in [0.29, 0.717) is 5.56 Å². The highest BCUT2D eigenvalue weighted by Crippen LogP contribution is 2.30. The molecule has 5 nitrogen and oxygen atoms in total. The van der Waals surface area contributed by atoms with Crippen molar-refractivity contribution < 1.29 is 32.1 Å². The summed E-state index contributed by atoms with van der Waals surface area (Å²) in [6.07, 6.45) is -4.53. The largest absolute Gasteiger partial charge is 0.478 e. The van der Waals surface area contributed by atoms with Crippen molar-refractivity contribution in [3.63, 3.8) is 0 Å². The van der Waals surface area contributed by atoms with Gasteiger partial charge in [0.1, 0.15) is 5.75 Å². The van der Waals surface area contributed by atoms with Crippen molar-refractivity contribution in [2.75, 3.05) is 11.1 Å². The summed E-state index contributed by atoms with van der Waals surface area (Å²) in [4.78, 5) is 22.8. The maximum absolute atomic E-state index is 12.6. The average Bonchev–Trinajstić information content (AvgIpc) is 2.54. The summed E-state index contributed by atoms with van der Waals surface area (Å²) in [5, 5.41) is 11.2. The van der Waals surface area contributed by atoms with Gasteiger partial charge in [-0.15, -0.1) is 0 Å². The molecule has 2 aromatic carbocycles. The van der Waals surface area contributed by atoms with E-state index in [9.17, 15) is 27.0 Å². The lowest BCUT2D eigenvalue weighted by molar-refractivity contribution is -0.137. The summed E-state index contributed by atoms with van der Waals surface area (Å²) in [5.41, 5.74) is -0.431. The van der Waals surface area contributed by atoms with E-state index >= 15 is 0 Å². The SMILES string of the molecule is O=C(CS(=O)Cc1cccc(C(=O)O)c1)Nc1cccc(C(F)(F)F)c1. The van der Waals surface area contributed by atoms with Crippen LogP contribution in [0.4, 0.5) is 18.9 Å². The van der Waals surface area contributed by atoms with Crippen LogP contribution in [-0.4, -0.2) is 26.9 Å². The molecule has 2 N–H and O–H groups in total. The number of nitrogens with one attached hydrogen (secondary N) is 1. The lowest BCUT2D eigenvalue weighted by atomic mass is 10.1. The van der Waals surface area contributed by atoms with Gasteiger partial charge in [-0.3, -0.25) is 9.00 Å². The van der Waals surface area contributed by atoms with Crippen molar-refractivity contribution in [2.24, 2.45) is 0 Å². The highest BCUT2D eigenvalue weighted by atomic mass is 32.2. The maximum atomic E-state index is 12.6. The minimum absolute atomic E-state index is 0.0351. The van der Waals surface area contributed by atoms with E-state index in [2.05, 4.69) is 5.32 Å². The molecule has 0 radical (unpaired) electrons. The predicted octanol–water partition coefficient (Wildman–Crippen LogP) is 3.29. The minimum atomic E-state index is -4.53. The molecular formula is C17H14F3NO4S. The molecule has 0 aromatic heterocycles. The fourth-order valence-electron chi connectivity index (χ4n) is 2.15. The summed E-state index contributed by atoms with van der Waals surface area (Å²) in [5.74, 6) is -2.29. The number of rotatable bonds is 6. The Kier molecular flexibility index (Phi) is 6.14. The Bertz CT molecular complexity index is 852. The number of alkyl halides is 3. The zero-order valence-electron chi connectivity index (χ0n) is 13.2. The number of carboxylic acids is 1. The Morgan fingerprint density at radius 2 is 1.77 bits per heavy atom. The molecule has 0 fully saturated rings. The third-order valence-electron chi connectivity index (χ3n) is 3.27. The van der Waals surface area contributed by atoms with Gasteiger partial charge in [0.2, 0.25) is 5.91 Å². The zero-order valence-corrected chi connectivity index (χ0v) is 14.1. The first-order chi connectivity index (χ1) is 12.1. The predicted molar refractivity (Wildman–Crippen MR) is 90.2 cm³/mol. The normalized spacial score (nSPS) is 12.4. The number of carbonyl (C=O) groups excluding carboxylic acids is 1. The van der Waals surface area contributed by atoms with Crippen LogP contribution in [0.5, 0.6) is 0 Å². The van der Waals surface area contributed by atoms with Gasteiger partial charge in [0, 0.05) is 22.2 Å². The van der Waals surface area contributed by atoms with E-state index < -0.39 is 40.2 Å². The first-order valence-corrected chi connectivity index (χ1v) is 8.78. The van der Waals surface area contributed by atoms with Crippen molar-refractivity contribution in [3.8, 4) is 0 Å². The molecule has 1 atom stereocenters. The molecule has 26 heavy (non-hydrogen) atoms. The number of amides is 1. The smallest absolute Gasteiger partial charge is 0.416 e. The first-order valence-electron chi connectivity index (χ1n) is 7.29. The van der Waals surface area contributed by atoms with Gasteiger partial charge in [-0.05, 0) is 35.9 Å². The average molecular weight is 385 g/mol. The van der Waals surface area contributed by atoms with E-state index in [1.807, 2.05) is 0 Å². The Labute approximate surface area is 149 Å². The summed E-state index contributed by atoms with van der Waals surface area (Å²) in [6.45, 7) is 0. The van der Waals surface area contributed by atoms with Crippen LogP contribution in [0.25, 0.3) is 0 Å². The number of hydrogen-bond acceptors (Lipinski definition) is 3. The lowest BCUT2D eigenvalue weighted by Gasteiger charge is -2.10. The number of aromatic carboxylic acids is 1. The van der Waals surface area contributed by atoms with Crippen LogP contribution in [0.2, 0.25) is 0 Å². The van der Waals surface area contributed by atoms with Gasteiger partial charge >= 0.3 is 12.1 Å². The van der Waals surface area contributed by atoms with E-state index in [4.69, 9.17) is 5.11 Å². The van der Waals surface area contributed by atoms with Crippen LogP contribution in [-0.2, 0) is 27.5 Å². The third-order valence-corrected chi connectivity index (χ3v) is 4.51. The molecule has 0 bridgehead atoms. The molecule has 2 rings (SSSR count). The molecule has 0 heterocycles. The Morgan fingerprint density at radius 3 is 2.42 bits per heavy atom. The Morgan fingerprint density at radius 1 is 1.08 bits per heavy atom. The molecular weight excluding hydrogens is 371 g/mol. The maximum Gasteiger partial charge on any atom is 0.416 e. The van der Waals surface area contributed by atoms with E-state index in [1.54, 1.807) is 6.07 Å². The molecule has 0 saturated heterocycles. The third kappa shape index (κ3) is 5.69. The Balaban J connectivity index is 1.96.